The van der Waals surface area contributed by atoms with Crippen molar-refractivity contribution in [2.45, 2.75) is 62.3 Å². The summed E-state index contributed by atoms with van der Waals surface area (Å²) in [6, 6.07) is 5.42. The summed E-state index contributed by atoms with van der Waals surface area (Å²) >= 11 is 0. The molecule has 2 nitrogen and oxygen atoms in total. The Kier molecular flexibility index (Phi) is 3.98. The number of aliphatic hydroxyl groups excluding tert-OH is 1. The maximum Gasteiger partial charge on any atom is 0.416 e. The van der Waals surface area contributed by atoms with Gasteiger partial charge in [0.05, 0.1) is 11.7 Å². The Hall–Kier alpha value is -1.07. The van der Waals surface area contributed by atoms with Crippen LogP contribution in [0.25, 0.3) is 0 Å². The Morgan fingerprint density at radius 2 is 1.91 bits per heavy atom. The molecule has 0 aromatic heterocycles. The van der Waals surface area contributed by atoms with E-state index in [-0.39, 0.29) is 12.0 Å². The fraction of sp³-hybridized carbons (Fsp3) is 0.647. The van der Waals surface area contributed by atoms with Gasteiger partial charge in [0.15, 0.2) is 0 Å². The summed E-state index contributed by atoms with van der Waals surface area (Å²) in [7, 11) is 0. The van der Waals surface area contributed by atoms with Crippen molar-refractivity contribution in [1.82, 2.24) is 0 Å². The third-order valence-electron chi connectivity index (χ3n) is 5.61. The number of hydrogen-bond donors (Lipinski definition) is 2. The van der Waals surface area contributed by atoms with Gasteiger partial charge in [0.1, 0.15) is 0 Å². The number of nitrogens with two attached hydrogens (primary N) is 1. The number of benzene rings is 1. The first-order valence-electron chi connectivity index (χ1n) is 7.96. The fourth-order valence-corrected chi connectivity index (χ4v) is 4.14. The minimum atomic E-state index is -4.35. The monoisotopic (exact) mass is 313 g/mol. The Labute approximate surface area is 128 Å². The second-order valence-corrected chi connectivity index (χ2v) is 6.79. The highest BCUT2D eigenvalue weighted by atomic mass is 19.4. The molecule has 22 heavy (non-hydrogen) atoms. The molecule has 3 unspecified atom stereocenters. The quantitative estimate of drug-likeness (QED) is 0.895. The van der Waals surface area contributed by atoms with Crippen LogP contribution >= 0.6 is 0 Å². The first-order valence-corrected chi connectivity index (χ1v) is 7.96. The third kappa shape index (κ3) is 2.54. The van der Waals surface area contributed by atoms with Gasteiger partial charge < -0.3 is 10.8 Å². The van der Waals surface area contributed by atoms with E-state index >= 15 is 0 Å². The molecule has 0 radical (unpaired) electrons. The van der Waals surface area contributed by atoms with Gasteiger partial charge in [-0.05, 0) is 37.3 Å². The van der Waals surface area contributed by atoms with E-state index in [1.165, 1.54) is 12.1 Å². The van der Waals surface area contributed by atoms with Crippen molar-refractivity contribution in [3.63, 3.8) is 0 Å². The molecule has 5 heteroatoms. The van der Waals surface area contributed by atoms with Crippen LogP contribution in [0, 0.1) is 5.92 Å². The Balaban J connectivity index is 1.93. The first-order chi connectivity index (χ1) is 10.3. The molecule has 0 spiro atoms. The third-order valence-corrected chi connectivity index (χ3v) is 5.61. The summed E-state index contributed by atoms with van der Waals surface area (Å²) in [6.45, 7) is 0. The maximum absolute atomic E-state index is 13.0. The average Bonchev–Trinajstić information content (AvgIpc) is 2.83. The van der Waals surface area contributed by atoms with Gasteiger partial charge in [-0.15, -0.1) is 0 Å². The van der Waals surface area contributed by atoms with Crippen molar-refractivity contribution < 1.29 is 18.3 Å². The lowest BCUT2D eigenvalue weighted by molar-refractivity contribution is -0.137. The fourth-order valence-electron chi connectivity index (χ4n) is 4.14. The molecule has 3 N–H and O–H groups in total. The van der Waals surface area contributed by atoms with Crippen molar-refractivity contribution >= 4 is 0 Å². The van der Waals surface area contributed by atoms with Gasteiger partial charge in [0.2, 0.25) is 0 Å². The molecule has 3 atom stereocenters. The van der Waals surface area contributed by atoms with Crippen molar-refractivity contribution in [2.75, 3.05) is 0 Å². The summed E-state index contributed by atoms with van der Waals surface area (Å²) in [5, 5.41) is 10.9. The highest BCUT2D eigenvalue weighted by molar-refractivity contribution is 5.35. The van der Waals surface area contributed by atoms with Gasteiger partial charge in [0.25, 0.3) is 0 Å². The molecule has 2 fully saturated rings. The van der Waals surface area contributed by atoms with Crippen LogP contribution in [0.15, 0.2) is 24.3 Å². The second kappa shape index (κ2) is 5.53. The molecule has 3 rings (SSSR count). The summed E-state index contributed by atoms with van der Waals surface area (Å²) in [4.78, 5) is 0. The van der Waals surface area contributed by atoms with Crippen molar-refractivity contribution in [3.05, 3.63) is 35.4 Å². The van der Waals surface area contributed by atoms with E-state index < -0.39 is 23.3 Å². The molecule has 0 saturated heterocycles. The van der Waals surface area contributed by atoms with Gasteiger partial charge in [-0.1, -0.05) is 31.0 Å². The van der Waals surface area contributed by atoms with Crippen LogP contribution in [0.2, 0.25) is 0 Å². The summed E-state index contributed by atoms with van der Waals surface area (Å²) in [5.74, 6) is -0.00478. The number of halogens is 3. The molecule has 2 saturated carbocycles. The van der Waals surface area contributed by atoms with Gasteiger partial charge in [-0.2, -0.15) is 13.2 Å². The molecule has 0 amide bonds. The maximum atomic E-state index is 13.0. The minimum absolute atomic E-state index is 0.00478. The average molecular weight is 313 g/mol. The molecule has 1 aromatic carbocycles. The predicted octanol–water partition coefficient (Wildman–Crippen LogP) is 3.62. The standard InChI is InChI=1S/C17H22F3NO/c18-17(19,20)12-5-1-4-11(10-12)16(8-3-9-16)15(22)13-6-2-7-14(13)21/h1,4-5,10,13-15,22H,2-3,6-9,21H2. The highest BCUT2D eigenvalue weighted by Crippen LogP contribution is 2.51. The molecule has 2 aliphatic carbocycles. The van der Waals surface area contributed by atoms with E-state index in [1.807, 2.05) is 0 Å². The van der Waals surface area contributed by atoms with Gasteiger partial charge in [0, 0.05) is 17.4 Å². The summed E-state index contributed by atoms with van der Waals surface area (Å²) < 4.78 is 38.9. The van der Waals surface area contributed by atoms with Crippen molar-refractivity contribution in [1.29, 1.82) is 0 Å². The molecule has 0 heterocycles. The summed E-state index contributed by atoms with van der Waals surface area (Å²) in [6.07, 6.45) is 0.148. The molecule has 122 valence electrons. The summed E-state index contributed by atoms with van der Waals surface area (Å²) in [5.41, 5.74) is 5.52. The zero-order chi connectivity index (χ0) is 16.0. The predicted molar refractivity (Wildman–Crippen MR) is 78.3 cm³/mol. The second-order valence-electron chi connectivity index (χ2n) is 6.79. The SMILES string of the molecule is NC1CCCC1C(O)C1(c2cccc(C(F)(F)F)c2)CCC1. The topological polar surface area (TPSA) is 46.2 Å². The largest absolute Gasteiger partial charge is 0.416 e. The number of alkyl halides is 3. The van der Waals surface area contributed by atoms with Crippen LogP contribution in [0.1, 0.15) is 49.7 Å². The van der Waals surface area contributed by atoms with Gasteiger partial charge in [-0.25, -0.2) is 0 Å². The normalized spacial score (nSPS) is 29.1. The molecule has 0 aliphatic heterocycles. The van der Waals surface area contributed by atoms with Crippen molar-refractivity contribution in [2.24, 2.45) is 11.7 Å². The number of hydrogen-bond acceptors (Lipinski definition) is 2. The molecular formula is C17H22F3NO. The lowest BCUT2D eigenvalue weighted by Crippen LogP contribution is -2.52. The van der Waals surface area contributed by atoms with Crippen LogP contribution in [0.3, 0.4) is 0 Å². The van der Waals surface area contributed by atoms with E-state index in [0.29, 0.717) is 5.56 Å². The van der Waals surface area contributed by atoms with Crippen molar-refractivity contribution in [3.8, 4) is 0 Å². The first kappa shape index (κ1) is 15.8. The van der Waals surface area contributed by atoms with Crippen LogP contribution < -0.4 is 5.73 Å². The minimum Gasteiger partial charge on any atom is -0.392 e. The van der Waals surface area contributed by atoms with Crippen LogP contribution in [0.4, 0.5) is 13.2 Å². The van der Waals surface area contributed by atoms with Gasteiger partial charge >= 0.3 is 6.18 Å². The van der Waals surface area contributed by atoms with E-state index in [1.54, 1.807) is 6.07 Å². The Morgan fingerprint density at radius 1 is 1.18 bits per heavy atom. The van der Waals surface area contributed by atoms with Gasteiger partial charge in [-0.3, -0.25) is 0 Å². The van der Waals surface area contributed by atoms with Crippen LogP contribution in [-0.4, -0.2) is 17.3 Å². The van der Waals surface area contributed by atoms with E-state index in [4.69, 9.17) is 5.73 Å². The van der Waals surface area contributed by atoms with E-state index in [9.17, 15) is 18.3 Å². The van der Waals surface area contributed by atoms with Crippen LogP contribution in [-0.2, 0) is 11.6 Å². The lowest BCUT2D eigenvalue weighted by atomic mass is 9.58. The zero-order valence-electron chi connectivity index (χ0n) is 12.4. The zero-order valence-corrected chi connectivity index (χ0v) is 12.4. The molecule has 2 aliphatic rings. The van der Waals surface area contributed by atoms with E-state index in [0.717, 1.165) is 44.6 Å². The molecule has 1 aromatic rings. The Morgan fingerprint density at radius 3 is 2.41 bits per heavy atom. The van der Waals surface area contributed by atoms with Crippen LogP contribution in [0.5, 0.6) is 0 Å². The van der Waals surface area contributed by atoms with E-state index in [2.05, 4.69) is 0 Å². The Bertz CT molecular complexity index is 539. The lowest BCUT2D eigenvalue weighted by Gasteiger charge is -2.49. The molecular weight excluding hydrogens is 291 g/mol. The highest BCUT2D eigenvalue weighted by Gasteiger charge is 2.50. The smallest absolute Gasteiger partial charge is 0.392 e. The number of rotatable bonds is 3. The molecule has 0 bridgehead atoms. The number of aliphatic hydroxyl groups is 1.